The molecule has 264 valence electrons. The fraction of sp³-hybridized carbons (Fsp3) is 0.0182. The lowest BCUT2D eigenvalue weighted by Gasteiger charge is -2.35. The molecule has 0 aromatic heterocycles. The highest BCUT2D eigenvalue weighted by Crippen LogP contribution is 2.57. The van der Waals surface area contributed by atoms with E-state index in [1.807, 2.05) is 0 Å². The van der Waals surface area contributed by atoms with Crippen molar-refractivity contribution in [3.63, 3.8) is 0 Å². The number of nitrogens with zero attached hydrogens (tertiary/aromatic N) is 1. The summed E-state index contributed by atoms with van der Waals surface area (Å²) < 4.78 is 0. The molecule has 0 radical (unpaired) electrons. The minimum atomic E-state index is -0.493. The number of hydrogen-bond donors (Lipinski definition) is 0. The van der Waals surface area contributed by atoms with E-state index in [4.69, 9.17) is 0 Å². The Balaban J connectivity index is 1.21. The highest BCUT2D eigenvalue weighted by atomic mass is 15.1. The molecule has 0 heterocycles. The van der Waals surface area contributed by atoms with Gasteiger partial charge in [0, 0.05) is 17.1 Å². The van der Waals surface area contributed by atoms with Crippen molar-refractivity contribution >= 4 is 17.1 Å². The Kier molecular flexibility index (Phi) is 8.46. The molecule has 0 atom stereocenters. The van der Waals surface area contributed by atoms with Crippen molar-refractivity contribution in [2.75, 3.05) is 4.90 Å². The lowest BCUT2D eigenvalue weighted by molar-refractivity contribution is 0.768. The van der Waals surface area contributed by atoms with Crippen LogP contribution in [0.25, 0.3) is 44.5 Å². The Morgan fingerprint density at radius 3 is 1.27 bits per heavy atom. The molecule has 1 aliphatic carbocycles. The molecular weight excluding hydrogens is 675 g/mol. The van der Waals surface area contributed by atoms with Gasteiger partial charge in [-0.25, -0.2) is 0 Å². The topological polar surface area (TPSA) is 3.24 Å². The van der Waals surface area contributed by atoms with Gasteiger partial charge in [-0.15, -0.1) is 0 Å². The minimum Gasteiger partial charge on any atom is -0.310 e. The number of rotatable bonds is 8. The molecular formula is C55H39N. The largest absolute Gasteiger partial charge is 0.310 e. The summed E-state index contributed by atoms with van der Waals surface area (Å²) in [7, 11) is 0. The second-order valence-electron chi connectivity index (χ2n) is 14.4. The molecule has 0 saturated carbocycles. The molecule has 0 amide bonds. The number of hydrogen-bond acceptors (Lipinski definition) is 1. The first-order valence-electron chi connectivity index (χ1n) is 19.4. The summed E-state index contributed by atoms with van der Waals surface area (Å²) in [6.07, 6.45) is 0. The van der Waals surface area contributed by atoms with E-state index in [2.05, 4.69) is 241 Å². The molecule has 1 heteroatoms. The molecule has 56 heavy (non-hydrogen) atoms. The van der Waals surface area contributed by atoms with Gasteiger partial charge in [0.25, 0.3) is 0 Å². The van der Waals surface area contributed by atoms with Crippen LogP contribution in [0.5, 0.6) is 0 Å². The van der Waals surface area contributed by atoms with Crippen LogP contribution in [-0.2, 0) is 5.41 Å². The lowest BCUT2D eigenvalue weighted by atomic mass is 9.67. The van der Waals surface area contributed by atoms with Crippen LogP contribution < -0.4 is 4.90 Å². The van der Waals surface area contributed by atoms with E-state index in [0.29, 0.717) is 0 Å². The predicted octanol–water partition coefficient (Wildman–Crippen LogP) is 14.5. The molecule has 0 fully saturated rings. The van der Waals surface area contributed by atoms with Crippen LogP contribution in [-0.4, -0.2) is 0 Å². The fourth-order valence-corrected chi connectivity index (χ4v) is 8.95. The third kappa shape index (κ3) is 5.56. The number of benzene rings is 9. The van der Waals surface area contributed by atoms with Crippen molar-refractivity contribution in [2.24, 2.45) is 0 Å². The quantitative estimate of drug-likeness (QED) is 0.152. The fourth-order valence-electron chi connectivity index (χ4n) is 8.95. The van der Waals surface area contributed by atoms with Crippen LogP contribution >= 0.6 is 0 Å². The Hall–Kier alpha value is -7.22. The van der Waals surface area contributed by atoms with Crippen LogP contribution in [0, 0.1) is 0 Å². The standard InChI is InChI=1S/C55H39N/c1-6-20-40(21-7-1)47-30-16-17-31-48(47)49-36-34-45(38-52(49)41-22-8-2-9-23-41)56(44-28-14-5-15-29-44)46-35-37-51-50-32-18-19-33-53(50)55(54(51)39-46,42-24-10-3-11-25-42)43-26-12-4-13-27-43/h1-39H. The third-order valence-corrected chi connectivity index (χ3v) is 11.4. The number of anilines is 3. The summed E-state index contributed by atoms with van der Waals surface area (Å²) in [4.78, 5) is 2.42. The van der Waals surface area contributed by atoms with Gasteiger partial charge in [-0.3, -0.25) is 0 Å². The van der Waals surface area contributed by atoms with Gasteiger partial charge in [0.15, 0.2) is 0 Å². The average Bonchev–Trinajstić information content (AvgIpc) is 3.58. The Labute approximate surface area is 329 Å². The second-order valence-corrected chi connectivity index (χ2v) is 14.4. The van der Waals surface area contributed by atoms with E-state index in [9.17, 15) is 0 Å². The molecule has 10 rings (SSSR count). The van der Waals surface area contributed by atoms with Crippen LogP contribution in [0.15, 0.2) is 237 Å². The molecule has 1 nitrogen and oxygen atoms in total. The van der Waals surface area contributed by atoms with E-state index in [1.54, 1.807) is 0 Å². The Morgan fingerprint density at radius 1 is 0.250 bits per heavy atom. The summed E-state index contributed by atoms with van der Waals surface area (Å²) in [6, 6.07) is 86.2. The zero-order valence-electron chi connectivity index (χ0n) is 31.0. The van der Waals surface area contributed by atoms with E-state index < -0.39 is 5.41 Å². The van der Waals surface area contributed by atoms with E-state index >= 15 is 0 Å². The maximum absolute atomic E-state index is 2.45. The van der Waals surface area contributed by atoms with Crippen LogP contribution in [0.4, 0.5) is 17.1 Å². The molecule has 9 aromatic carbocycles. The van der Waals surface area contributed by atoms with Gasteiger partial charge < -0.3 is 4.90 Å². The Morgan fingerprint density at radius 2 is 0.661 bits per heavy atom. The lowest BCUT2D eigenvalue weighted by Crippen LogP contribution is -2.28. The summed E-state index contributed by atoms with van der Waals surface area (Å²) in [5.74, 6) is 0. The van der Waals surface area contributed by atoms with E-state index in [0.717, 1.165) is 17.1 Å². The summed E-state index contributed by atoms with van der Waals surface area (Å²) in [5.41, 5.74) is 17.7. The number of fused-ring (bicyclic) bond motifs is 3. The van der Waals surface area contributed by atoms with Gasteiger partial charge >= 0.3 is 0 Å². The molecule has 0 N–H and O–H groups in total. The highest BCUT2D eigenvalue weighted by Gasteiger charge is 2.46. The van der Waals surface area contributed by atoms with E-state index in [1.165, 1.54) is 66.8 Å². The first kappa shape index (κ1) is 33.4. The summed E-state index contributed by atoms with van der Waals surface area (Å²) >= 11 is 0. The molecule has 0 saturated heterocycles. The summed E-state index contributed by atoms with van der Waals surface area (Å²) in [6.45, 7) is 0. The van der Waals surface area contributed by atoms with Gasteiger partial charge in [-0.05, 0) is 103 Å². The van der Waals surface area contributed by atoms with Gasteiger partial charge in [-0.2, -0.15) is 0 Å². The van der Waals surface area contributed by atoms with Crippen LogP contribution in [0.3, 0.4) is 0 Å². The van der Waals surface area contributed by atoms with Crippen molar-refractivity contribution in [1.82, 2.24) is 0 Å². The predicted molar refractivity (Wildman–Crippen MR) is 235 cm³/mol. The van der Waals surface area contributed by atoms with Crippen molar-refractivity contribution in [3.05, 3.63) is 259 Å². The molecule has 0 bridgehead atoms. The first-order chi connectivity index (χ1) is 27.8. The van der Waals surface area contributed by atoms with Gasteiger partial charge in [0.05, 0.1) is 5.41 Å². The third-order valence-electron chi connectivity index (χ3n) is 11.4. The maximum Gasteiger partial charge on any atom is 0.0714 e. The smallest absolute Gasteiger partial charge is 0.0714 e. The molecule has 0 spiro atoms. The van der Waals surface area contributed by atoms with Crippen LogP contribution in [0.1, 0.15) is 22.3 Å². The second kappa shape index (κ2) is 14.2. The zero-order chi connectivity index (χ0) is 37.3. The van der Waals surface area contributed by atoms with Crippen molar-refractivity contribution < 1.29 is 0 Å². The van der Waals surface area contributed by atoms with Gasteiger partial charge in [0.2, 0.25) is 0 Å². The van der Waals surface area contributed by atoms with Crippen molar-refractivity contribution in [1.29, 1.82) is 0 Å². The monoisotopic (exact) mass is 713 g/mol. The van der Waals surface area contributed by atoms with E-state index in [-0.39, 0.29) is 0 Å². The number of para-hydroxylation sites is 1. The van der Waals surface area contributed by atoms with Crippen molar-refractivity contribution in [2.45, 2.75) is 5.41 Å². The average molecular weight is 714 g/mol. The minimum absolute atomic E-state index is 0.493. The molecule has 0 aliphatic heterocycles. The van der Waals surface area contributed by atoms with Gasteiger partial charge in [0.1, 0.15) is 0 Å². The van der Waals surface area contributed by atoms with Crippen molar-refractivity contribution in [3.8, 4) is 44.5 Å². The molecule has 1 aliphatic rings. The molecule has 9 aromatic rings. The summed E-state index contributed by atoms with van der Waals surface area (Å²) in [5, 5.41) is 0. The molecule has 0 unspecified atom stereocenters. The normalized spacial score (nSPS) is 12.4. The SMILES string of the molecule is c1ccc(-c2ccccc2-c2ccc(N(c3ccccc3)c3ccc4c(c3)C(c3ccccc3)(c3ccccc3)c3ccccc3-4)cc2-c2ccccc2)cc1. The van der Waals surface area contributed by atoms with Gasteiger partial charge in [-0.1, -0.05) is 200 Å². The highest BCUT2D eigenvalue weighted by molar-refractivity contribution is 5.95. The zero-order valence-corrected chi connectivity index (χ0v) is 31.0. The Bertz CT molecular complexity index is 2740. The first-order valence-corrected chi connectivity index (χ1v) is 19.4. The van der Waals surface area contributed by atoms with Crippen LogP contribution in [0.2, 0.25) is 0 Å². The maximum atomic E-state index is 2.45.